The van der Waals surface area contributed by atoms with E-state index in [0.29, 0.717) is 43.6 Å². The SMILES string of the molecule is CCOC(=O)N(CCOc1ccc(Oc2ccc(F)cc2)cc1)C(=O)[C@@H](NN1CCOCC1)C(C)C. The van der Waals surface area contributed by atoms with Gasteiger partial charge in [-0.25, -0.2) is 24.5 Å². The molecule has 1 N–H and O–H groups in total. The van der Waals surface area contributed by atoms with Crippen LogP contribution in [0.5, 0.6) is 17.2 Å². The van der Waals surface area contributed by atoms with Crippen LogP contribution in [0.25, 0.3) is 0 Å². The van der Waals surface area contributed by atoms with Crippen LogP contribution in [-0.2, 0) is 14.3 Å². The molecule has 0 aromatic heterocycles. The average Bonchev–Trinajstić information content (AvgIpc) is 2.87. The third-order valence-electron chi connectivity index (χ3n) is 5.48. The Morgan fingerprint density at radius 2 is 1.61 bits per heavy atom. The summed E-state index contributed by atoms with van der Waals surface area (Å²) in [6.07, 6.45) is -0.705. The van der Waals surface area contributed by atoms with Crippen LogP contribution in [0.2, 0.25) is 0 Å². The lowest BCUT2D eigenvalue weighted by atomic mass is 10.0. The number of halogens is 1. The topological polar surface area (TPSA) is 89.6 Å². The number of carbonyl (C=O) groups is 2. The van der Waals surface area contributed by atoms with Crippen molar-refractivity contribution in [3.05, 3.63) is 54.3 Å². The van der Waals surface area contributed by atoms with E-state index in [9.17, 15) is 14.0 Å². The molecule has 0 spiro atoms. The zero-order valence-electron chi connectivity index (χ0n) is 20.9. The number of benzene rings is 2. The summed E-state index contributed by atoms with van der Waals surface area (Å²) >= 11 is 0. The minimum absolute atomic E-state index is 0.0273. The quantitative estimate of drug-likeness (QED) is 0.495. The Morgan fingerprint density at radius 1 is 1.03 bits per heavy atom. The van der Waals surface area contributed by atoms with Crippen LogP contribution in [-0.4, -0.2) is 74.0 Å². The van der Waals surface area contributed by atoms with Gasteiger partial charge in [0.15, 0.2) is 0 Å². The van der Waals surface area contributed by atoms with Gasteiger partial charge >= 0.3 is 6.09 Å². The van der Waals surface area contributed by atoms with Crippen molar-refractivity contribution in [3.63, 3.8) is 0 Å². The number of carbonyl (C=O) groups excluding carboxylic acids is 2. The summed E-state index contributed by atoms with van der Waals surface area (Å²) in [4.78, 5) is 27.1. The van der Waals surface area contributed by atoms with Crippen LogP contribution in [0.4, 0.5) is 9.18 Å². The van der Waals surface area contributed by atoms with Crippen molar-refractivity contribution in [2.75, 3.05) is 46.1 Å². The maximum absolute atomic E-state index is 13.4. The second-order valence-corrected chi connectivity index (χ2v) is 8.51. The van der Waals surface area contributed by atoms with Crippen molar-refractivity contribution < 1.29 is 32.9 Å². The molecule has 0 saturated carbocycles. The Morgan fingerprint density at radius 3 is 2.19 bits per heavy atom. The third kappa shape index (κ3) is 8.18. The summed E-state index contributed by atoms with van der Waals surface area (Å²) in [5, 5.41) is 1.95. The van der Waals surface area contributed by atoms with E-state index in [1.807, 2.05) is 18.9 Å². The zero-order chi connectivity index (χ0) is 25.9. The number of rotatable bonds is 11. The molecule has 9 nitrogen and oxygen atoms in total. The molecule has 1 heterocycles. The number of amides is 2. The summed E-state index contributed by atoms with van der Waals surface area (Å²) < 4.78 is 35.0. The van der Waals surface area contributed by atoms with E-state index < -0.39 is 12.1 Å². The van der Waals surface area contributed by atoms with Crippen molar-refractivity contribution in [2.45, 2.75) is 26.8 Å². The summed E-state index contributed by atoms with van der Waals surface area (Å²) in [5.74, 6) is 0.848. The Bertz CT molecular complexity index is 965. The molecular weight excluding hydrogens is 469 g/mol. The number of nitrogens with zero attached hydrogens (tertiary/aromatic N) is 2. The first-order valence-corrected chi connectivity index (χ1v) is 12.1. The Hall–Kier alpha value is -3.21. The summed E-state index contributed by atoms with van der Waals surface area (Å²) in [6.45, 7) is 8.27. The number of ether oxygens (including phenoxy) is 4. The Balaban J connectivity index is 1.58. The number of hydrogen-bond acceptors (Lipinski definition) is 8. The summed E-state index contributed by atoms with van der Waals surface area (Å²) in [6, 6.07) is 12.0. The van der Waals surface area contributed by atoms with E-state index in [1.165, 1.54) is 12.1 Å². The molecular formula is C26H34FN3O6. The van der Waals surface area contributed by atoms with Crippen molar-refractivity contribution in [3.8, 4) is 17.2 Å². The van der Waals surface area contributed by atoms with Crippen LogP contribution in [0.1, 0.15) is 20.8 Å². The van der Waals surface area contributed by atoms with Gasteiger partial charge in [0, 0.05) is 13.1 Å². The van der Waals surface area contributed by atoms with Crippen LogP contribution in [0.15, 0.2) is 48.5 Å². The highest BCUT2D eigenvalue weighted by atomic mass is 19.1. The first-order chi connectivity index (χ1) is 17.4. The van der Waals surface area contributed by atoms with Crippen LogP contribution in [0, 0.1) is 11.7 Å². The van der Waals surface area contributed by atoms with E-state index >= 15 is 0 Å². The first kappa shape index (κ1) is 27.4. The van der Waals surface area contributed by atoms with Gasteiger partial charge in [0.05, 0.1) is 26.4 Å². The molecule has 2 aromatic carbocycles. The molecule has 1 aliphatic heterocycles. The second kappa shape index (κ2) is 13.8. The minimum Gasteiger partial charge on any atom is -0.492 e. The lowest BCUT2D eigenvalue weighted by molar-refractivity contribution is -0.135. The highest BCUT2D eigenvalue weighted by molar-refractivity contribution is 5.95. The number of imide groups is 1. The third-order valence-corrected chi connectivity index (χ3v) is 5.48. The molecule has 10 heteroatoms. The number of hydrazine groups is 1. The molecule has 2 aromatic rings. The Labute approximate surface area is 211 Å². The fourth-order valence-corrected chi connectivity index (χ4v) is 3.54. The second-order valence-electron chi connectivity index (χ2n) is 8.51. The summed E-state index contributed by atoms with van der Waals surface area (Å²) in [5.41, 5.74) is 3.25. The molecule has 0 radical (unpaired) electrons. The van der Waals surface area contributed by atoms with Crippen molar-refractivity contribution in [1.82, 2.24) is 15.3 Å². The molecule has 1 fully saturated rings. The highest BCUT2D eigenvalue weighted by Crippen LogP contribution is 2.24. The van der Waals surface area contributed by atoms with E-state index in [2.05, 4.69) is 5.43 Å². The molecule has 2 amide bonds. The number of hydrogen-bond donors (Lipinski definition) is 1. The van der Waals surface area contributed by atoms with Gasteiger partial charge in [-0.3, -0.25) is 4.79 Å². The van der Waals surface area contributed by atoms with Crippen molar-refractivity contribution in [2.24, 2.45) is 5.92 Å². The molecule has 1 aliphatic rings. The Kier molecular flexibility index (Phi) is 10.5. The van der Waals surface area contributed by atoms with Gasteiger partial charge in [0.25, 0.3) is 5.91 Å². The maximum atomic E-state index is 13.4. The normalized spacial score (nSPS) is 14.8. The predicted molar refractivity (Wildman–Crippen MR) is 131 cm³/mol. The first-order valence-electron chi connectivity index (χ1n) is 12.1. The van der Waals surface area contributed by atoms with E-state index in [1.54, 1.807) is 43.3 Å². The van der Waals surface area contributed by atoms with Gasteiger partial charge in [-0.1, -0.05) is 13.8 Å². The van der Waals surface area contributed by atoms with Gasteiger partial charge in [-0.05, 0) is 61.4 Å². The molecule has 0 unspecified atom stereocenters. The highest BCUT2D eigenvalue weighted by Gasteiger charge is 2.33. The van der Waals surface area contributed by atoms with Gasteiger partial charge in [0.2, 0.25) is 0 Å². The lowest BCUT2D eigenvalue weighted by Crippen LogP contribution is -2.58. The van der Waals surface area contributed by atoms with E-state index in [4.69, 9.17) is 18.9 Å². The lowest BCUT2D eigenvalue weighted by Gasteiger charge is -2.34. The van der Waals surface area contributed by atoms with E-state index in [0.717, 1.165) is 4.90 Å². The smallest absolute Gasteiger partial charge is 0.416 e. The number of morpholine rings is 1. The van der Waals surface area contributed by atoms with Crippen LogP contribution >= 0.6 is 0 Å². The molecule has 0 bridgehead atoms. The predicted octanol–water partition coefficient (Wildman–Crippen LogP) is 3.84. The minimum atomic E-state index is -0.705. The maximum Gasteiger partial charge on any atom is 0.416 e. The monoisotopic (exact) mass is 503 g/mol. The largest absolute Gasteiger partial charge is 0.492 e. The van der Waals surface area contributed by atoms with Crippen LogP contribution < -0.4 is 14.9 Å². The molecule has 1 atom stereocenters. The standard InChI is InChI=1S/C26H34FN3O6/c1-4-34-26(32)30(25(31)24(19(2)3)28-29-13-16-33-17-14-29)15-18-35-21-9-11-23(12-10-21)36-22-7-5-20(27)6-8-22/h5-12,19,24,28H,4,13-18H2,1-3H3/t24-/m0/s1. The van der Waals surface area contributed by atoms with Crippen molar-refractivity contribution in [1.29, 1.82) is 0 Å². The number of nitrogens with one attached hydrogen (secondary N) is 1. The van der Waals surface area contributed by atoms with Crippen LogP contribution in [0.3, 0.4) is 0 Å². The molecule has 0 aliphatic carbocycles. The van der Waals surface area contributed by atoms with E-state index in [-0.39, 0.29) is 37.4 Å². The van der Waals surface area contributed by atoms with Gasteiger partial charge < -0.3 is 18.9 Å². The molecule has 36 heavy (non-hydrogen) atoms. The fourth-order valence-electron chi connectivity index (χ4n) is 3.54. The fraction of sp³-hybridized carbons (Fsp3) is 0.462. The summed E-state index contributed by atoms with van der Waals surface area (Å²) in [7, 11) is 0. The van der Waals surface area contributed by atoms with Crippen molar-refractivity contribution >= 4 is 12.0 Å². The average molecular weight is 504 g/mol. The van der Waals surface area contributed by atoms with Gasteiger partial charge in [0.1, 0.15) is 35.7 Å². The molecule has 3 rings (SSSR count). The molecule has 1 saturated heterocycles. The zero-order valence-corrected chi connectivity index (χ0v) is 20.9. The van der Waals surface area contributed by atoms with Gasteiger partial charge in [-0.15, -0.1) is 0 Å². The molecule has 196 valence electrons. The van der Waals surface area contributed by atoms with Gasteiger partial charge in [-0.2, -0.15) is 0 Å².